The van der Waals surface area contributed by atoms with Gasteiger partial charge in [-0.15, -0.1) is 11.3 Å². The van der Waals surface area contributed by atoms with Gasteiger partial charge in [0.05, 0.1) is 22.5 Å². The number of aromatic nitrogens is 1. The van der Waals surface area contributed by atoms with Crippen molar-refractivity contribution in [2.75, 3.05) is 5.32 Å². The molecule has 2 aromatic heterocycles. The van der Waals surface area contributed by atoms with Crippen molar-refractivity contribution in [3.63, 3.8) is 0 Å². The van der Waals surface area contributed by atoms with Crippen LogP contribution in [0.2, 0.25) is 0 Å². The fourth-order valence-corrected chi connectivity index (χ4v) is 4.71. The van der Waals surface area contributed by atoms with E-state index in [1.54, 1.807) is 29.5 Å². The number of fused-ring (bicyclic) bond motifs is 2. The highest BCUT2D eigenvalue weighted by Gasteiger charge is 2.25. The number of halogens is 1. The van der Waals surface area contributed by atoms with Crippen LogP contribution in [0.25, 0.3) is 22.6 Å². The lowest BCUT2D eigenvalue weighted by Gasteiger charge is -2.22. The number of rotatable bonds is 3. The first-order chi connectivity index (χ1) is 14.7. The quantitative estimate of drug-likeness (QED) is 0.412. The van der Waals surface area contributed by atoms with Crippen LogP contribution in [0.15, 0.2) is 66.0 Å². The Balaban J connectivity index is 1.68. The van der Waals surface area contributed by atoms with E-state index in [1.165, 1.54) is 10.9 Å². The summed E-state index contributed by atoms with van der Waals surface area (Å²) in [6.45, 7) is 0. The van der Waals surface area contributed by atoms with Gasteiger partial charge in [-0.3, -0.25) is 4.79 Å². The maximum absolute atomic E-state index is 14.2. The molecule has 0 saturated carbocycles. The van der Waals surface area contributed by atoms with Gasteiger partial charge in [0.25, 0.3) is 5.91 Å². The molecule has 30 heavy (non-hydrogen) atoms. The molecule has 0 bridgehead atoms. The molecule has 0 saturated heterocycles. The number of carbonyl (C=O) groups excluding carboxylic acids is 1. The van der Waals surface area contributed by atoms with Gasteiger partial charge in [0.1, 0.15) is 5.82 Å². The molecule has 1 amide bonds. The second-order valence-electron chi connectivity index (χ2n) is 7.30. The van der Waals surface area contributed by atoms with Crippen LogP contribution in [-0.2, 0) is 6.42 Å². The fourth-order valence-electron chi connectivity index (χ4n) is 4.03. The molecule has 1 N–H and O–H groups in total. The van der Waals surface area contributed by atoms with Crippen LogP contribution >= 0.6 is 11.3 Å². The predicted octanol–water partition coefficient (Wildman–Crippen LogP) is 6.56. The molecule has 0 aliphatic heterocycles. The van der Waals surface area contributed by atoms with Crippen LogP contribution in [0, 0.1) is 5.82 Å². The van der Waals surface area contributed by atoms with Crippen LogP contribution in [0.1, 0.15) is 39.3 Å². The van der Waals surface area contributed by atoms with Crippen molar-refractivity contribution in [2.45, 2.75) is 19.3 Å². The number of allylic oxidation sites excluding steroid dienone is 1. The molecule has 2 aromatic carbocycles. The summed E-state index contributed by atoms with van der Waals surface area (Å²) in [5.74, 6) is -0.747. The van der Waals surface area contributed by atoms with Crippen molar-refractivity contribution in [1.29, 1.82) is 0 Å². The van der Waals surface area contributed by atoms with Crippen LogP contribution in [0.4, 0.5) is 10.1 Å². The Morgan fingerprint density at radius 3 is 2.70 bits per heavy atom. The topological polar surface area (TPSA) is 42.0 Å². The summed E-state index contributed by atoms with van der Waals surface area (Å²) in [6.07, 6.45) is 4.81. The van der Waals surface area contributed by atoms with Gasteiger partial charge >= 0.3 is 0 Å². The third kappa shape index (κ3) is 3.42. The van der Waals surface area contributed by atoms with Crippen LogP contribution < -0.4 is 5.32 Å². The van der Waals surface area contributed by atoms with E-state index in [1.807, 2.05) is 30.3 Å². The van der Waals surface area contributed by atoms with E-state index in [9.17, 15) is 9.18 Å². The Hall–Kier alpha value is -3.31. The highest BCUT2D eigenvalue weighted by atomic mass is 32.1. The third-order valence-electron chi connectivity index (χ3n) is 5.38. The standard InChI is InChI=1S/C25H19FN2OS/c26-20-11-2-4-13-22(20)28-25(29)23-18-9-1-3-12-21(18)27-24-16(7-5-10-19(23)24)15-17-8-6-14-30-17/h1-4,6,8-9,11-15H,5,7,10H2,(H,28,29)/b16-15-. The van der Waals surface area contributed by atoms with Gasteiger partial charge in [-0.2, -0.15) is 0 Å². The van der Waals surface area contributed by atoms with Crippen LogP contribution in [-0.4, -0.2) is 10.9 Å². The molecule has 0 fully saturated rings. The molecule has 1 aliphatic rings. The summed E-state index contributed by atoms with van der Waals surface area (Å²) in [5, 5.41) is 5.62. The van der Waals surface area contributed by atoms with E-state index >= 15 is 0 Å². The highest BCUT2D eigenvalue weighted by Crippen LogP contribution is 2.37. The Labute approximate surface area is 177 Å². The molecular formula is C25H19FN2OS. The minimum atomic E-state index is -0.448. The minimum Gasteiger partial charge on any atom is -0.319 e. The van der Waals surface area contributed by atoms with Gasteiger partial charge in [-0.05, 0) is 66.1 Å². The summed E-state index contributed by atoms with van der Waals surface area (Å²) in [6, 6.07) is 18.0. The van der Waals surface area contributed by atoms with E-state index in [4.69, 9.17) is 4.98 Å². The molecule has 2 heterocycles. The van der Waals surface area contributed by atoms with Crippen molar-refractivity contribution in [3.05, 3.63) is 93.6 Å². The van der Waals surface area contributed by atoms with Crippen LogP contribution in [0.3, 0.4) is 0 Å². The van der Waals surface area contributed by atoms with Crippen molar-refractivity contribution >= 4 is 45.5 Å². The summed E-state index contributed by atoms with van der Waals surface area (Å²) < 4.78 is 14.2. The zero-order chi connectivity index (χ0) is 20.5. The largest absolute Gasteiger partial charge is 0.319 e. The van der Waals surface area contributed by atoms with Gasteiger partial charge < -0.3 is 5.32 Å². The number of pyridine rings is 1. The fraction of sp³-hybridized carbons (Fsp3) is 0.120. The summed E-state index contributed by atoms with van der Waals surface area (Å²) in [7, 11) is 0. The molecule has 0 unspecified atom stereocenters. The van der Waals surface area contributed by atoms with Crippen molar-refractivity contribution < 1.29 is 9.18 Å². The highest BCUT2D eigenvalue weighted by molar-refractivity contribution is 7.10. The SMILES string of the molecule is O=C(Nc1ccccc1F)c1c2c(nc3ccccc13)/C(=C\c1cccs1)CCC2. The van der Waals surface area contributed by atoms with Crippen molar-refractivity contribution in [3.8, 4) is 0 Å². The second kappa shape index (κ2) is 7.84. The van der Waals surface area contributed by atoms with Crippen molar-refractivity contribution in [1.82, 2.24) is 4.98 Å². The molecule has 0 radical (unpaired) electrons. The maximum atomic E-state index is 14.2. The number of carbonyl (C=O) groups is 1. The van der Waals surface area contributed by atoms with E-state index in [2.05, 4.69) is 22.8 Å². The maximum Gasteiger partial charge on any atom is 0.256 e. The Kier molecular flexibility index (Phi) is 4.89. The number of hydrogen-bond donors (Lipinski definition) is 1. The number of thiophene rings is 1. The molecule has 148 valence electrons. The number of benzene rings is 2. The van der Waals surface area contributed by atoms with Crippen molar-refractivity contribution in [2.24, 2.45) is 0 Å². The van der Waals surface area contributed by atoms with E-state index < -0.39 is 5.82 Å². The first-order valence-corrected chi connectivity index (χ1v) is 10.8. The minimum absolute atomic E-state index is 0.183. The zero-order valence-corrected chi connectivity index (χ0v) is 17.0. The molecule has 1 aliphatic carbocycles. The molecule has 0 spiro atoms. The van der Waals surface area contributed by atoms with Crippen LogP contribution in [0.5, 0.6) is 0 Å². The number of hydrogen-bond acceptors (Lipinski definition) is 3. The second-order valence-corrected chi connectivity index (χ2v) is 8.28. The summed E-state index contributed by atoms with van der Waals surface area (Å²) in [4.78, 5) is 19.5. The lowest BCUT2D eigenvalue weighted by molar-refractivity contribution is 0.102. The molecule has 4 aromatic rings. The van der Waals surface area contributed by atoms with Gasteiger partial charge in [0.2, 0.25) is 0 Å². The van der Waals surface area contributed by atoms with Gasteiger partial charge in [0.15, 0.2) is 0 Å². The molecule has 3 nitrogen and oxygen atoms in total. The number of anilines is 1. The number of nitrogens with one attached hydrogen (secondary N) is 1. The summed E-state index contributed by atoms with van der Waals surface area (Å²) in [5.41, 5.74) is 4.51. The number of nitrogens with zero attached hydrogens (tertiary/aromatic N) is 1. The zero-order valence-electron chi connectivity index (χ0n) is 16.2. The first kappa shape index (κ1) is 18.7. The smallest absolute Gasteiger partial charge is 0.256 e. The Bertz CT molecular complexity index is 1280. The third-order valence-corrected chi connectivity index (χ3v) is 6.20. The lowest BCUT2D eigenvalue weighted by Crippen LogP contribution is -2.19. The molecular weight excluding hydrogens is 395 g/mol. The predicted molar refractivity (Wildman–Crippen MR) is 121 cm³/mol. The first-order valence-electron chi connectivity index (χ1n) is 9.92. The Morgan fingerprint density at radius 2 is 1.87 bits per heavy atom. The average molecular weight is 415 g/mol. The van der Waals surface area contributed by atoms with E-state index in [0.717, 1.165) is 47.0 Å². The molecule has 5 rings (SSSR count). The number of para-hydroxylation sites is 2. The van der Waals surface area contributed by atoms with E-state index in [-0.39, 0.29) is 11.6 Å². The van der Waals surface area contributed by atoms with Gasteiger partial charge in [-0.1, -0.05) is 36.4 Å². The molecule has 0 atom stereocenters. The average Bonchev–Trinajstić information content (AvgIpc) is 3.27. The van der Waals surface area contributed by atoms with Gasteiger partial charge in [0, 0.05) is 10.3 Å². The normalized spacial score (nSPS) is 14.6. The van der Waals surface area contributed by atoms with Gasteiger partial charge in [-0.25, -0.2) is 9.37 Å². The lowest BCUT2D eigenvalue weighted by atomic mass is 9.86. The van der Waals surface area contributed by atoms with E-state index in [0.29, 0.717) is 5.56 Å². The number of amides is 1. The Morgan fingerprint density at radius 1 is 1.03 bits per heavy atom. The molecule has 5 heteroatoms. The monoisotopic (exact) mass is 414 g/mol. The summed E-state index contributed by atoms with van der Waals surface area (Å²) >= 11 is 1.68.